The van der Waals surface area contributed by atoms with Gasteiger partial charge in [0.25, 0.3) is 0 Å². The summed E-state index contributed by atoms with van der Waals surface area (Å²) in [6.45, 7) is 3.49. The maximum Gasteiger partial charge on any atom is 0.248 e. The Morgan fingerprint density at radius 1 is 1.00 bits per heavy atom. The minimum Gasteiger partial charge on any atom is -0.421 e. The predicted octanol–water partition coefficient (Wildman–Crippen LogP) is 6.54. The van der Waals surface area contributed by atoms with Crippen LogP contribution in [0.1, 0.15) is 29.5 Å². The predicted molar refractivity (Wildman–Crippen MR) is 127 cm³/mol. The van der Waals surface area contributed by atoms with Crippen molar-refractivity contribution in [2.45, 2.75) is 20.4 Å². The van der Waals surface area contributed by atoms with E-state index in [1.54, 1.807) is 30.0 Å². The second-order valence-corrected chi connectivity index (χ2v) is 8.28. The summed E-state index contributed by atoms with van der Waals surface area (Å²) in [6, 6.07) is 16.0. The van der Waals surface area contributed by atoms with Gasteiger partial charge >= 0.3 is 0 Å². The van der Waals surface area contributed by atoms with Gasteiger partial charge in [-0.2, -0.15) is 0 Å². The number of aromatic nitrogens is 2. The summed E-state index contributed by atoms with van der Waals surface area (Å²) in [7, 11) is 0. The van der Waals surface area contributed by atoms with Gasteiger partial charge in [0, 0.05) is 30.0 Å². The zero-order chi connectivity index (χ0) is 23.1. The van der Waals surface area contributed by atoms with Gasteiger partial charge in [0.15, 0.2) is 0 Å². The molecule has 1 aromatic heterocycles. The van der Waals surface area contributed by atoms with Crippen LogP contribution in [0.4, 0.5) is 10.1 Å². The molecule has 0 aliphatic carbocycles. The van der Waals surface area contributed by atoms with E-state index in [4.69, 9.17) is 16.0 Å². The third kappa shape index (κ3) is 3.94. The van der Waals surface area contributed by atoms with Crippen molar-refractivity contribution in [3.63, 3.8) is 0 Å². The normalized spacial score (nSPS) is 13.6. The molecule has 1 aliphatic heterocycles. The largest absolute Gasteiger partial charge is 0.421 e. The third-order valence-corrected chi connectivity index (χ3v) is 5.87. The van der Waals surface area contributed by atoms with Crippen LogP contribution in [0.3, 0.4) is 0 Å². The van der Waals surface area contributed by atoms with E-state index in [2.05, 4.69) is 10.2 Å². The highest BCUT2D eigenvalue weighted by Crippen LogP contribution is 2.37. The quantitative estimate of drug-likeness (QED) is 0.341. The average Bonchev–Trinajstić information content (AvgIpc) is 3.22. The second kappa shape index (κ2) is 8.30. The highest BCUT2D eigenvalue weighted by molar-refractivity contribution is 6.31. The van der Waals surface area contributed by atoms with Crippen molar-refractivity contribution >= 4 is 35.3 Å². The number of carbonyl (C=O) groups excluding carboxylic acids is 1. The maximum atomic E-state index is 15.4. The van der Waals surface area contributed by atoms with E-state index < -0.39 is 0 Å². The van der Waals surface area contributed by atoms with Gasteiger partial charge in [-0.05, 0) is 52.6 Å². The fraction of sp³-hybridized carbons (Fsp3) is 0.115. The van der Waals surface area contributed by atoms with Gasteiger partial charge in [-0.25, -0.2) is 4.39 Å². The van der Waals surface area contributed by atoms with Gasteiger partial charge in [-0.3, -0.25) is 4.79 Å². The fourth-order valence-electron chi connectivity index (χ4n) is 4.05. The molecule has 0 saturated heterocycles. The number of benzene rings is 3. The number of hydrogen-bond donors (Lipinski definition) is 0. The third-order valence-electron chi connectivity index (χ3n) is 5.64. The number of carbonyl (C=O) groups is 1. The second-order valence-electron chi connectivity index (χ2n) is 7.84. The van der Waals surface area contributed by atoms with E-state index in [0.717, 1.165) is 11.1 Å². The molecule has 33 heavy (non-hydrogen) atoms. The molecule has 0 N–H and O–H groups in total. The highest BCUT2D eigenvalue weighted by Gasteiger charge is 2.22. The van der Waals surface area contributed by atoms with Gasteiger partial charge in [0.1, 0.15) is 5.82 Å². The maximum absolute atomic E-state index is 15.4. The Labute approximate surface area is 195 Å². The number of nitrogens with zero attached hydrogens (tertiary/aromatic N) is 3. The molecule has 5 nitrogen and oxygen atoms in total. The Morgan fingerprint density at radius 3 is 2.48 bits per heavy atom. The molecule has 4 aromatic rings. The lowest BCUT2D eigenvalue weighted by molar-refractivity contribution is -0.116. The van der Waals surface area contributed by atoms with E-state index >= 15 is 4.39 Å². The smallest absolute Gasteiger partial charge is 0.248 e. The summed E-state index contributed by atoms with van der Waals surface area (Å²) in [4.78, 5) is 14.2. The Kier molecular flexibility index (Phi) is 5.30. The van der Waals surface area contributed by atoms with Crippen LogP contribution in [0.2, 0.25) is 5.02 Å². The monoisotopic (exact) mass is 459 g/mol. The van der Waals surface area contributed by atoms with Crippen molar-refractivity contribution in [2.75, 3.05) is 4.90 Å². The Morgan fingerprint density at radius 2 is 1.76 bits per heavy atom. The molecular formula is C26H19ClFN3O2. The molecule has 3 aromatic carbocycles. The first-order chi connectivity index (χ1) is 15.9. The molecule has 5 rings (SSSR count). The van der Waals surface area contributed by atoms with E-state index in [1.165, 1.54) is 13.0 Å². The van der Waals surface area contributed by atoms with E-state index in [9.17, 15) is 4.79 Å². The number of anilines is 1. The van der Waals surface area contributed by atoms with Crippen LogP contribution in [0, 0.1) is 12.7 Å². The van der Waals surface area contributed by atoms with Crippen LogP contribution < -0.4 is 4.90 Å². The van der Waals surface area contributed by atoms with Crippen molar-refractivity contribution in [1.29, 1.82) is 0 Å². The molecule has 1 amide bonds. The summed E-state index contributed by atoms with van der Waals surface area (Å²) in [6.07, 6.45) is 3.73. The Bertz CT molecular complexity index is 1430. The van der Waals surface area contributed by atoms with Crippen LogP contribution in [0.15, 0.2) is 59.0 Å². The number of hydrogen-bond acceptors (Lipinski definition) is 4. The lowest BCUT2D eigenvalue weighted by atomic mass is 9.93. The van der Waals surface area contributed by atoms with Gasteiger partial charge in [0.05, 0.1) is 12.2 Å². The first-order valence-corrected chi connectivity index (χ1v) is 10.8. The number of halogens is 2. The molecule has 7 heteroatoms. The lowest BCUT2D eigenvalue weighted by Gasteiger charge is -2.26. The van der Waals surface area contributed by atoms with E-state index in [-0.39, 0.29) is 18.3 Å². The zero-order valence-corrected chi connectivity index (χ0v) is 18.7. The van der Waals surface area contributed by atoms with E-state index in [1.807, 2.05) is 42.5 Å². The van der Waals surface area contributed by atoms with Gasteiger partial charge in [-0.1, -0.05) is 48.0 Å². The SMILES string of the molecule is CC(=O)N1Cc2cc(-c3ccccc3-c3nnc(C)o3)c(F)cc2/C=C\c2ccc(Cl)cc21. The Hall–Kier alpha value is -3.77. The number of fused-ring (bicyclic) bond motifs is 2. The van der Waals surface area contributed by atoms with Crippen molar-refractivity contribution in [1.82, 2.24) is 10.2 Å². The molecule has 164 valence electrons. The number of rotatable bonds is 2. The molecule has 1 aliphatic rings. The summed E-state index contributed by atoms with van der Waals surface area (Å²) < 4.78 is 21.0. The van der Waals surface area contributed by atoms with Gasteiger partial charge in [0.2, 0.25) is 17.7 Å². The molecule has 0 unspecified atom stereocenters. The first-order valence-electron chi connectivity index (χ1n) is 10.4. The van der Waals surface area contributed by atoms with Crippen LogP contribution in [-0.4, -0.2) is 16.1 Å². The topological polar surface area (TPSA) is 59.2 Å². The van der Waals surface area contributed by atoms with Gasteiger partial charge < -0.3 is 9.32 Å². The molecule has 0 bridgehead atoms. The number of amides is 1. The molecule has 0 spiro atoms. The minimum absolute atomic E-state index is 0.132. The van der Waals surface area contributed by atoms with Crippen LogP contribution >= 0.6 is 11.6 Å². The van der Waals surface area contributed by atoms with Crippen molar-refractivity contribution in [3.8, 4) is 22.6 Å². The molecule has 0 radical (unpaired) electrons. The van der Waals surface area contributed by atoms with Crippen molar-refractivity contribution in [2.24, 2.45) is 0 Å². The minimum atomic E-state index is -0.381. The highest BCUT2D eigenvalue weighted by atomic mass is 35.5. The average molecular weight is 460 g/mol. The van der Waals surface area contributed by atoms with Crippen LogP contribution in [0.5, 0.6) is 0 Å². The summed E-state index contributed by atoms with van der Waals surface area (Å²) in [5.74, 6) is 0.238. The van der Waals surface area contributed by atoms with Gasteiger partial charge in [-0.15, -0.1) is 10.2 Å². The summed E-state index contributed by atoms with van der Waals surface area (Å²) >= 11 is 6.21. The Balaban J connectivity index is 1.67. The molecule has 0 fully saturated rings. The van der Waals surface area contributed by atoms with Crippen LogP contribution in [0.25, 0.3) is 34.7 Å². The molecule has 0 saturated carbocycles. The lowest BCUT2D eigenvalue weighted by Crippen LogP contribution is -2.29. The molecule has 2 heterocycles. The fourth-order valence-corrected chi connectivity index (χ4v) is 4.22. The summed E-state index contributed by atoms with van der Waals surface area (Å²) in [5.41, 5.74) is 4.72. The van der Waals surface area contributed by atoms with Crippen LogP contribution in [-0.2, 0) is 11.3 Å². The van der Waals surface area contributed by atoms with Crippen molar-refractivity contribution in [3.05, 3.63) is 88.0 Å². The molecule has 0 atom stereocenters. The first kappa shape index (κ1) is 21.1. The standard InChI is InChI=1S/C26H19ClFN3O2/c1-15-29-30-26(33-15)22-6-4-3-5-21(22)23-11-19-14-31(16(2)32)25-13-20(27)10-9-17(25)7-8-18(19)12-24(23)28/h3-13H,14H2,1-2H3/b8-7-. The van der Waals surface area contributed by atoms with Crippen molar-refractivity contribution < 1.29 is 13.6 Å². The van der Waals surface area contributed by atoms with E-state index in [0.29, 0.717) is 44.7 Å². The summed E-state index contributed by atoms with van der Waals surface area (Å²) in [5, 5.41) is 8.54. The molecular weight excluding hydrogens is 441 g/mol. The number of aryl methyl sites for hydroxylation is 1. The zero-order valence-electron chi connectivity index (χ0n) is 18.0.